The highest BCUT2D eigenvalue weighted by atomic mass is 35.5. The molecular weight excluding hydrogens is 278 g/mol. The van der Waals surface area contributed by atoms with Crippen LogP contribution in [0.2, 0.25) is 5.02 Å². The van der Waals surface area contributed by atoms with Gasteiger partial charge >= 0.3 is 0 Å². The number of thioether (sulfide) groups is 1. The standard InChI is InChI=1S/C15H22ClNOS/c1-4-5-6-7-11(2)17-15(18)13-10-12(19-3)8-9-14(13)16/h8-11H,4-7H2,1-3H3,(H,17,18). The number of hydrogen-bond acceptors (Lipinski definition) is 2. The highest BCUT2D eigenvalue weighted by Gasteiger charge is 2.13. The van der Waals surface area contributed by atoms with Crippen molar-refractivity contribution in [1.29, 1.82) is 0 Å². The van der Waals surface area contributed by atoms with Crippen LogP contribution < -0.4 is 5.32 Å². The van der Waals surface area contributed by atoms with Crippen LogP contribution in [-0.2, 0) is 0 Å². The van der Waals surface area contributed by atoms with Crippen LogP contribution in [0, 0.1) is 0 Å². The van der Waals surface area contributed by atoms with Crippen molar-refractivity contribution in [2.24, 2.45) is 0 Å². The summed E-state index contributed by atoms with van der Waals surface area (Å²) in [4.78, 5) is 13.2. The lowest BCUT2D eigenvalue weighted by Gasteiger charge is -2.14. The molecule has 19 heavy (non-hydrogen) atoms. The van der Waals surface area contributed by atoms with Crippen molar-refractivity contribution in [2.75, 3.05) is 6.26 Å². The average Bonchev–Trinajstić information content (AvgIpc) is 2.39. The van der Waals surface area contributed by atoms with Crippen molar-refractivity contribution in [3.05, 3.63) is 28.8 Å². The predicted molar refractivity (Wildman–Crippen MR) is 84.3 cm³/mol. The summed E-state index contributed by atoms with van der Waals surface area (Å²) in [6, 6.07) is 5.74. The fourth-order valence-electron chi connectivity index (χ4n) is 1.88. The molecule has 0 aliphatic heterocycles. The minimum absolute atomic E-state index is 0.0788. The van der Waals surface area contributed by atoms with E-state index in [4.69, 9.17) is 11.6 Å². The van der Waals surface area contributed by atoms with Gasteiger partial charge in [-0.15, -0.1) is 11.8 Å². The van der Waals surface area contributed by atoms with Crippen molar-refractivity contribution < 1.29 is 4.79 Å². The Bertz CT molecular complexity index is 423. The van der Waals surface area contributed by atoms with Crippen molar-refractivity contribution in [3.8, 4) is 0 Å². The molecule has 0 bridgehead atoms. The summed E-state index contributed by atoms with van der Waals surface area (Å²) >= 11 is 7.69. The lowest BCUT2D eigenvalue weighted by molar-refractivity contribution is 0.0938. The monoisotopic (exact) mass is 299 g/mol. The van der Waals surface area contributed by atoms with Gasteiger partial charge < -0.3 is 5.32 Å². The lowest BCUT2D eigenvalue weighted by Crippen LogP contribution is -2.32. The second kappa shape index (κ2) is 8.49. The Balaban J connectivity index is 2.62. The van der Waals surface area contributed by atoms with E-state index in [1.165, 1.54) is 12.8 Å². The zero-order valence-corrected chi connectivity index (χ0v) is 13.4. The molecule has 1 rings (SSSR count). The number of amides is 1. The number of rotatable bonds is 7. The number of unbranched alkanes of at least 4 members (excludes halogenated alkanes) is 2. The Morgan fingerprint density at radius 3 is 2.79 bits per heavy atom. The molecule has 0 saturated heterocycles. The van der Waals surface area contributed by atoms with E-state index in [1.54, 1.807) is 17.8 Å². The van der Waals surface area contributed by atoms with Gasteiger partial charge in [0.05, 0.1) is 10.6 Å². The van der Waals surface area contributed by atoms with E-state index in [0.717, 1.165) is 17.7 Å². The fourth-order valence-corrected chi connectivity index (χ4v) is 2.52. The van der Waals surface area contributed by atoms with E-state index >= 15 is 0 Å². The summed E-state index contributed by atoms with van der Waals surface area (Å²) in [6.07, 6.45) is 6.55. The topological polar surface area (TPSA) is 29.1 Å². The van der Waals surface area contributed by atoms with Crippen LogP contribution in [0.3, 0.4) is 0 Å². The first-order valence-electron chi connectivity index (χ1n) is 6.72. The van der Waals surface area contributed by atoms with E-state index in [1.807, 2.05) is 25.3 Å². The molecule has 0 heterocycles. The summed E-state index contributed by atoms with van der Waals surface area (Å²) in [6.45, 7) is 4.22. The van der Waals surface area contributed by atoms with Gasteiger partial charge in [0, 0.05) is 10.9 Å². The van der Waals surface area contributed by atoms with E-state index in [9.17, 15) is 4.79 Å². The summed E-state index contributed by atoms with van der Waals surface area (Å²) in [5, 5.41) is 3.52. The summed E-state index contributed by atoms with van der Waals surface area (Å²) < 4.78 is 0. The highest BCUT2D eigenvalue weighted by molar-refractivity contribution is 7.98. The van der Waals surface area contributed by atoms with Gasteiger partial charge in [-0.1, -0.05) is 37.8 Å². The normalized spacial score (nSPS) is 12.2. The molecule has 106 valence electrons. The third-order valence-electron chi connectivity index (χ3n) is 3.04. The van der Waals surface area contributed by atoms with Crippen molar-refractivity contribution in [2.45, 2.75) is 50.5 Å². The second-order valence-corrected chi connectivity index (χ2v) is 6.00. The molecule has 0 aliphatic carbocycles. The van der Waals surface area contributed by atoms with Crippen LogP contribution >= 0.6 is 23.4 Å². The number of halogens is 1. The molecule has 0 saturated carbocycles. The Morgan fingerprint density at radius 2 is 2.16 bits per heavy atom. The fraction of sp³-hybridized carbons (Fsp3) is 0.533. The lowest BCUT2D eigenvalue weighted by atomic mass is 10.1. The van der Waals surface area contributed by atoms with E-state index in [2.05, 4.69) is 12.2 Å². The average molecular weight is 300 g/mol. The zero-order chi connectivity index (χ0) is 14.3. The first kappa shape index (κ1) is 16.4. The summed E-state index contributed by atoms with van der Waals surface area (Å²) in [5.74, 6) is -0.0788. The quantitative estimate of drug-likeness (QED) is 0.581. The van der Waals surface area contributed by atoms with Crippen LogP contribution in [0.25, 0.3) is 0 Å². The number of nitrogens with one attached hydrogen (secondary N) is 1. The van der Waals surface area contributed by atoms with Gasteiger partial charge in [0.25, 0.3) is 5.91 Å². The first-order valence-corrected chi connectivity index (χ1v) is 8.33. The molecule has 1 aromatic carbocycles. The largest absolute Gasteiger partial charge is 0.350 e. The number of benzene rings is 1. The summed E-state index contributed by atoms with van der Waals surface area (Å²) in [5.41, 5.74) is 0.566. The van der Waals surface area contributed by atoms with Gasteiger partial charge in [-0.05, 0) is 37.8 Å². The molecule has 2 nitrogen and oxygen atoms in total. The molecule has 1 atom stereocenters. The minimum atomic E-state index is -0.0788. The summed E-state index contributed by atoms with van der Waals surface area (Å²) in [7, 11) is 0. The third-order valence-corrected chi connectivity index (χ3v) is 4.09. The second-order valence-electron chi connectivity index (χ2n) is 4.72. The molecule has 1 unspecified atom stereocenters. The van der Waals surface area contributed by atoms with E-state index < -0.39 is 0 Å². The molecule has 1 N–H and O–H groups in total. The van der Waals surface area contributed by atoms with Gasteiger partial charge in [0.15, 0.2) is 0 Å². The van der Waals surface area contributed by atoms with Gasteiger partial charge in [0.1, 0.15) is 0 Å². The molecule has 0 radical (unpaired) electrons. The maximum atomic E-state index is 12.2. The Morgan fingerprint density at radius 1 is 1.42 bits per heavy atom. The van der Waals surface area contributed by atoms with Crippen LogP contribution in [-0.4, -0.2) is 18.2 Å². The van der Waals surface area contributed by atoms with E-state index in [0.29, 0.717) is 10.6 Å². The Hall–Kier alpha value is -0.670. The van der Waals surface area contributed by atoms with Gasteiger partial charge in [0.2, 0.25) is 0 Å². The zero-order valence-electron chi connectivity index (χ0n) is 11.8. The SMILES string of the molecule is CCCCCC(C)NC(=O)c1cc(SC)ccc1Cl. The number of carbonyl (C=O) groups is 1. The van der Waals surface area contributed by atoms with Crippen LogP contribution in [0.15, 0.2) is 23.1 Å². The number of carbonyl (C=O) groups excluding carboxylic acids is 1. The highest BCUT2D eigenvalue weighted by Crippen LogP contribution is 2.23. The smallest absolute Gasteiger partial charge is 0.253 e. The van der Waals surface area contributed by atoms with Gasteiger partial charge in [-0.2, -0.15) is 0 Å². The predicted octanol–water partition coefficient (Wildman–Crippen LogP) is 4.76. The van der Waals surface area contributed by atoms with Crippen molar-refractivity contribution in [3.63, 3.8) is 0 Å². The number of hydrogen-bond donors (Lipinski definition) is 1. The first-order chi connectivity index (χ1) is 9.08. The molecule has 1 amide bonds. The molecule has 0 aliphatic rings. The van der Waals surface area contributed by atoms with E-state index in [-0.39, 0.29) is 11.9 Å². The molecule has 0 fully saturated rings. The Kier molecular flexibility index (Phi) is 7.32. The van der Waals surface area contributed by atoms with Gasteiger partial charge in [-0.3, -0.25) is 4.79 Å². The van der Waals surface area contributed by atoms with Crippen LogP contribution in [0.1, 0.15) is 49.9 Å². The molecule has 1 aromatic rings. The van der Waals surface area contributed by atoms with Crippen LogP contribution in [0.5, 0.6) is 0 Å². The van der Waals surface area contributed by atoms with Crippen LogP contribution in [0.4, 0.5) is 0 Å². The third kappa shape index (κ3) is 5.45. The van der Waals surface area contributed by atoms with Crippen molar-refractivity contribution >= 4 is 29.3 Å². The van der Waals surface area contributed by atoms with Gasteiger partial charge in [-0.25, -0.2) is 0 Å². The molecule has 0 aromatic heterocycles. The maximum Gasteiger partial charge on any atom is 0.253 e. The molecule has 0 spiro atoms. The molecular formula is C15H22ClNOS. The minimum Gasteiger partial charge on any atom is -0.350 e. The maximum absolute atomic E-state index is 12.2. The van der Waals surface area contributed by atoms with Crippen molar-refractivity contribution in [1.82, 2.24) is 5.32 Å². The molecule has 4 heteroatoms. The Labute approximate surface area is 125 Å².